The van der Waals surface area contributed by atoms with Gasteiger partial charge >= 0.3 is 0 Å². The molecular weight excluding hydrogens is 520 g/mol. The second-order valence-corrected chi connectivity index (χ2v) is 12.8. The summed E-state index contributed by atoms with van der Waals surface area (Å²) in [6.45, 7) is 14.2. The highest BCUT2D eigenvalue weighted by Gasteiger charge is 2.65. The topological polar surface area (TPSA) is 132 Å². The lowest BCUT2D eigenvalue weighted by Crippen LogP contribution is -2.60. The fourth-order valence-corrected chi connectivity index (χ4v) is 7.59. The number of Topliss-reactive ketones (excluding diaryl/α,β-unsaturated/α-hetero) is 3. The molecule has 214 valence electrons. The van der Waals surface area contributed by atoms with Crippen molar-refractivity contribution >= 4 is 17.3 Å². The number of carbonyl (C=O) groups is 3. The van der Waals surface area contributed by atoms with E-state index >= 15 is 0 Å². The van der Waals surface area contributed by atoms with Gasteiger partial charge in [0.15, 0.2) is 23.0 Å². The lowest BCUT2D eigenvalue weighted by atomic mass is 9.47. The first kappa shape index (κ1) is 28.6. The smallest absolute Gasteiger partial charge is 0.197 e. The zero-order valence-corrected chi connectivity index (χ0v) is 24.3. The summed E-state index contributed by atoms with van der Waals surface area (Å²) in [7, 11) is 0. The maximum atomic E-state index is 14.4. The number of hydrogen-bond donors (Lipinski definition) is 4. The third-order valence-corrected chi connectivity index (χ3v) is 9.46. The van der Waals surface area contributed by atoms with E-state index in [2.05, 4.69) is 6.58 Å². The number of hydrogen-bond acceptors (Lipinski definition) is 7. The van der Waals surface area contributed by atoms with Crippen molar-refractivity contribution in [3.8, 4) is 16.9 Å². The van der Waals surface area contributed by atoms with Gasteiger partial charge in [0.1, 0.15) is 17.3 Å². The van der Waals surface area contributed by atoms with Crippen LogP contribution in [0.25, 0.3) is 11.1 Å². The third kappa shape index (κ3) is 3.78. The Morgan fingerprint density at radius 1 is 0.976 bits per heavy atom. The summed E-state index contributed by atoms with van der Waals surface area (Å²) in [5, 5.41) is 46.3. The van der Waals surface area contributed by atoms with Gasteiger partial charge in [-0.25, -0.2) is 0 Å². The van der Waals surface area contributed by atoms with Gasteiger partial charge in [-0.05, 0) is 60.9 Å². The molecule has 0 aliphatic heterocycles. The molecule has 0 saturated heterocycles. The first-order valence-electron chi connectivity index (χ1n) is 13.8. The van der Waals surface area contributed by atoms with Crippen LogP contribution >= 0.6 is 0 Å². The van der Waals surface area contributed by atoms with E-state index < -0.39 is 33.8 Å². The summed E-state index contributed by atoms with van der Waals surface area (Å²) in [4.78, 5) is 38.6. The molecule has 0 radical (unpaired) electrons. The van der Waals surface area contributed by atoms with Gasteiger partial charge in [0.25, 0.3) is 0 Å². The van der Waals surface area contributed by atoms with Crippen molar-refractivity contribution in [1.29, 1.82) is 0 Å². The Hall–Kier alpha value is -3.97. The van der Waals surface area contributed by atoms with Crippen molar-refractivity contribution in [3.63, 3.8) is 0 Å². The van der Waals surface area contributed by atoms with Crippen LogP contribution in [0.4, 0.5) is 0 Å². The molecule has 3 aliphatic rings. The fourth-order valence-electron chi connectivity index (χ4n) is 7.59. The molecular formula is C34H36O7. The molecule has 2 aromatic rings. The van der Waals surface area contributed by atoms with E-state index in [9.17, 15) is 34.8 Å². The minimum atomic E-state index is -2.17. The van der Waals surface area contributed by atoms with Crippen molar-refractivity contribution < 1.29 is 34.8 Å². The standard InChI is InChI=1S/C34H36O7/c1-16(2)22-12-23(21-10-8-20(9-11-21)18(4)35)29(38)27-24(22)13-32(6)15-33(7)14-25(37)26(19(5)36)17(3)34(33,41)31(40)28(32)30(27)39/h8-12,16,37-38,40-41H,3,13-15H2,1-2,4-7H3/t32-,33+,34+/m1/s1. The monoisotopic (exact) mass is 556 g/mol. The second kappa shape index (κ2) is 9.02. The van der Waals surface area contributed by atoms with Crippen LogP contribution in [0.3, 0.4) is 0 Å². The summed E-state index contributed by atoms with van der Waals surface area (Å²) < 4.78 is 0. The summed E-state index contributed by atoms with van der Waals surface area (Å²) >= 11 is 0. The van der Waals surface area contributed by atoms with Gasteiger partial charge in [-0.15, -0.1) is 0 Å². The molecule has 7 heteroatoms. The molecule has 0 spiro atoms. The van der Waals surface area contributed by atoms with E-state index in [1.807, 2.05) is 26.8 Å². The maximum absolute atomic E-state index is 14.4. The highest BCUT2D eigenvalue weighted by molar-refractivity contribution is 6.15. The lowest BCUT2D eigenvalue weighted by molar-refractivity contribution is -0.116. The van der Waals surface area contributed by atoms with E-state index in [1.54, 1.807) is 31.2 Å². The number of aliphatic hydroxyl groups is 3. The predicted molar refractivity (Wildman–Crippen MR) is 155 cm³/mol. The number of fused-ring (bicyclic) bond motifs is 3. The molecule has 41 heavy (non-hydrogen) atoms. The van der Waals surface area contributed by atoms with Gasteiger partial charge in [-0.2, -0.15) is 0 Å². The first-order chi connectivity index (χ1) is 19.0. The zero-order chi connectivity index (χ0) is 30.4. The van der Waals surface area contributed by atoms with Gasteiger partial charge in [-0.3, -0.25) is 14.4 Å². The Bertz CT molecular complexity index is 1640. The highest BCUT2D eigenvalue weighted by atomic mass is 16.3. The van der Waals surface area contributed by atoms with E-state index in [4.69, 9.17) is 0 Å². The molecule has 0 saturated carbocycles. The highest BCUT2D eigenvalue weighted by Crippen LogP contribution is 2.64. The molecule has 0 unspecified atom stereocenters. The molecule has 5 rings (SSSR count). The predicted octanol–water partition coefficient (Wildman–Crippen LogP) is 6.44. The van der Waals surface area contributed by atoms with Crippen LogP contribution < -0.4 is 0 Å². The van der Waals surface area contributed by atoms with Crippen LogP contribution in [-0.2, 0) is 11.2 Å². The third-order valence-electron chi connectivity index (χ3n) is 9.46. The lowest BCUT2D eigenvalue weighted by Gasteiger charge is -2.57. The SMILES string of the molecule is C=C1C(C(C)=O)=C(O)C[C@@]2(C)C[C@@]3(C)Cc4c(C(C)C)cc(-c5ccc(C(C)=O)cc5)c(O)c4C(=O)C3=C(O)[C@@]12O. The average Bonchev–Trinajstić information content (AvgIpc) is 2.85. The number of aromatic hydroxyl groups is 1. The van der Waals surface area contributed by atoms with Crippen LogP contribution in [0.15, 0.2) is 65.1 Å². The fraction of sp³-hybridized carbons (Fsp3) is 0.382. The Kier molecular flexibility index (Phi) is 6.28. The Morgan fingerprint density at radius 3 is 2.12 bits per heavy atom. The molecule has 4 N–H and O–H groups in total. The summed E-state index contributed by atoms with van der Waals surface area (Å²) in [5.41, 5.74) is -1.40. The van der Waals surface area contributed by atoms with Crippen LogP contribution in [0, 0.1) is 10.8 Å². The minimum Gasteiger partial charge on any atom is -0.512 e. The number of ketones is 3. The molecule has 0 heterocycles. The molecule has 2 aromatic carbocycles. The number of aliphatic hydroxyl groups excluding tert-OH is 2. The van der Waals surface area contributed by atoms with Crippen LogP contribution in [-0.4, -0.2) is 43.4 Å². The summed E-state index contributed by atoms with van der Waals surface area (Å²) in [6, 6.07) is 8.66. The van der Waals surface area contributed by atoms with Gasteiger partial charge in [0.2, 0.25) is 0 Å². The van der Waals surface area contributed by atoms with Crippen LogP contribution in [0.1, 0.15) is 92.1 Å². The van der Waals surface area contributed by atoms with Crippen molar-refractivity contribution in [2.24, 2.45) is 10.8 Å². The number of carbonyl (C=O) groups excluding carboxylic acids is 3. The number of phenols is 1. The average molecular weight is 557 g/mol. The van der Waals surface area contributed by atoms with Crippen LogP contribution in [0.5, 0.6) is 5.75 Å². The molecule has 7 nitrogen and oxygen atoms in total. The Morgan fingerprint density at radius 2 is 1.59 bits per heavy atom. The molecule has 3 aliphatic carbocycles. The van der Waals surface area contributed by atoms with Crippen molar-refractivity contribution in [3.05, 3.63) is 87.4 Å². The van der Waals surface area contributed by atoms with Crippen molar-refractivity contribution in [2.75, 3.05) is 0 Å². The van der Waals surface area contributed by atoms with Gasteiger partial charge in [0, 0.05) is 34.0 Å². The molecule has 3 atom stereocenters. The summed E-state index contributed by atoms with van der Waals surface area (Å²) in [5.74, 6) is -2.23. The number of benzene rings is 2. The zero-order valence-electron chi connectivity index (χ0n) is 24.3. The molecule has 0 amide bonds. The number of rotatable bonds is 4. The van der Waals surface area contributed by atoms with Crippen molar-refractivity contribution in [1.82, 2.24) is 0 Å². The number of phenolic OH excluding ortho intramolecular Hbond substituents is 1. The van der Waals surface area contributed by atoms with Gasteiger partial charge in [0.05, 0.1) is 11.1 Å². The number of allylic oxidation sites excluding steroid dienone is 2. The minimum absolute atomic E-state index is 0.00853. The quantitative estimate of drug-likeness (QED) is 0.318. The van der Waals surface area contributed by atoms with E-state index in [0.29, 0.717) is 28.7 Å². The Labute approximate surface area is 239 Å². The maximum Gasteiger partial charge on any atom is 0.197 e. The van der Waals surface area contributed by atoms with E-state index in [1.165, 1.54) is 13.8 Å². The Balaban J connectivity index is 1.77. The van der Waals surface area contributed by atoms with Gasteiger partial charge in [-0.1, -0.05) is 58.5 Å². The van der Waals surface area contributed by atoms with Crippen LogP contribution in [0.2, 0.25) is 0 Å². The first-order valence-corrected chi connectivity index (χ1v) is 13.8. The largest absolute Gasteiger partial charge is 0.512 e. The second-order valence-electron chi connectivity index (χ2n) is 12.8. The van der Waals surface area contributed by atoms with Gasteiger partial charge < -0.3 is 20.4 Å². The summed E-state index contributed by atoms with van der Waals surface area (Å²) in [6.07, 6.45) is 0.436. The van der Waals surface area contributed by atoms with Crippen molar-refractivity contribution in [2.45, 2.75) is 72.3 Å². The molecule has 0 bridgehead atoms. The van der Waals surface area contributed by atoms with E-state index in [-0.39, 0.29) is 58.3 Å². The molecule has 0 fully saturated rings. The normalized spacial score (nSPS) is 27.5. The molecule has 0 aromatic heterocycles. The van der Waals surface area contributed by atoms with E-state index in [0.717, 1.165) is 5.56 Å².